The molecule has 5 N–H and O–H groups in total. The highest BCUT2D eigenvalue weighted by atomic mass is 32.1. The van der Waals surface area contributed by atoms with Crippen LogP contribution in [-0.2, 0) is 29.0 Å². The Morgan fingerprint density at radius 2 is 1.50 bits per heavy atom. The highest BCUT2D eigenvalue weighted by molar-refractivity contribution is 7.15. The first-order chi connectivity index (χ1) is 21.4. The lowest BCUT2D eigenvalue weighted by molar-refractivity contribution is -0.126. The maximum absolute atomic E-state index is 12.4. The van der Waals surface area contributed by atoms with Gasteiger partial charge in [0.05, 0.1) is 5.69 Å². The summed E-state index contributed by atoms with van der Waals surface area (Å²) in [5.74, 6) is -0.0590. The maximum Gasteiger partial charge on any atom is 0.410 e. The van der Waals surface area contributed by atoms with Crippen molar-refractivity contribution in [3.05, 3.63) is 40.4 Å². The number of carboxylic acid groups (broad SMARTS) is 2. The molecule has 1 saturated heterocycles. The van der Waals surface area contributed by atoms with Crippen molar-refractivity contribution in [3.63, 3.8) is 0 Å². The summed E-state index contributed by atoms with van der Waals surface area (Å²) in [4.78, 5) is 58.9. The fourth-order valence-electron chi connectivity index (χ4n) is 5.61. The van der Waals surface area contributed by atoms with E-state index in [9.17, 15) is 29.4 Å². The molecule has 1 aliphatic heterocycles. The summed E-state index contributed by atoms with van der Waals surface area (Å²) in [5.41, 5.74) is 0.703. The first kappa shape index (κ1) is 36.6. The number of carbonyl (C=O) groups excluding carboxylic acids is 2. The molecule has 3 rings (SSSR count). The number of piperidine rings is 1. The Bertz CT molecular complexity index is 1340. The summed E-state index contributed by atoms with van der Waals surface area (Å²) in [6, 6.07) is 7.48. The molecule has 0 unspecified atom stereocenters. The highest BCUT2D eigenvalue weighted by Crippen LogP contribution is 2.30. The van der Waals surface area contributed by atoms with Gasteiger partial charge in [-0.3, -0.25) is 24.3 Å². The zero-order valence-electron chi connectivity index (χ0n) is 28.1. The largest absolute Gasteiger partial charge is 0.465 e. The molecular weight excluding hydrogens is 610 g/mol. The van der Waals surface area contributed by atoms with Crippen molar-refractivity contribution in [2.75, 3.05) is 30.8 Å². The van der Waals surface area contributed by atoms with Crippen LogP contribution < -0.4 is 16.0 Å². The molecule has 0 radical (unpaired) electrons. The summed E-state index contributed by atoms with van der Waals surface area (Å²) >= 11 is 1.47. The van der Waals surface area contributed by atoms with Crippen LogP contribution >= 0.6 is 11.3 Å². The maximum atomic E-state index is 12.4. The van der Waals surface area contributed by atoms with Gasteiger partial charge in [0.25, 0.3) is 0 Å². The summed E-state index contributed by atoms with van der Waals surface area (Å²) in [6.45, 7) is 14.1. The normalized spacial score (nSPS) is 14.5. The van der Waals surface area contributed by atoms with Crippen molar-refractivity contribution in [1.29, 1.82) is 0 Å². The van der Waals surface area contributed by atoms with Gasteiger partial charge >= 0.3 is 12.2 Å². The minimum absolute atomic E-state index is 0.0335. The van der Waals surface area contributed by atoms with Gasteiger partial charge in [-0.15, -0.1) is 11.3 Å². The number of nitrogens with zero attached hydrogens (tertiary/aromatic N) is 4. The van der Waals surface area contributed by atoms with Crippen molar-refractivity contribution >= 4 is 46.2 Å². The standard InChI is InChI=1S/C32H49N7O6S/c1-20(40)34-27-36-24(25(46-27)19-37-17-15-22(16-18-37)26(41)33-8)14-11-21-9-12-23(13-10-21)35-28(38(29(42)43)31(2,3)4)39(30(44)45)32(5,6)7/h9-10,12-13,22,28,35H,11,14-19H2,1-8H3,(H,33,41)(H,42,43)(H,44,45)(H,34,36,40). The minimum atomic E-state index is -1.24. The van der Waals surface area contributed by atoms with E-state index in [0.29, 0.717) is 30.2 Å². The fourth-order valence-corrected chi connectivity index (χ4v) is 6.70. The summed E-state index contributed by atoms with van der Waals surface area (Å²) in [5, 5.41) is 29.5. The molecule has 1 aromatic carbocycles. The fraction of sp³-hybridized carbons (Fsp3) is 0.594. The number of aromatic nitrogens is 1. The van der Waals surface area contributed by atoms with Crippen LogP contribution in [0.25, 0.3) is 0 Å². The van der Waals surface area contributed by atoms with E-state index in [2.05, 4.69) is 20.9 Å². The van der Waals surface area contributed by atoms with E-state index in [1.165, 1.54) is 18.3 Å². The van der Waals surface area contributed by atoms with E-state index >= 15 is 0 Å². The number of anilines is 2. The highest BCUT2D eigenvalue weighted by Gasteiger charge is 2.43. The van der Waals surface area contributed by atoms with Gasteiger partial charge in [-0.1, -0.05) is 12.1 Å². The second kappa shape index (κ2) is 15.1. The SMILES string of the molecule is CNC(=O)C1CCN(Cc2sc(NC(C)=O)nc2CCc2ccc(NC(N(C(=O)O)C(C)(C)C)N(C(=O)O)C(C)(C)C)cc2)CC1. The van der Waals surface area contributed by atoms with Gasteiger partial charge < -0.3 is 26.2 Å². The van der Waals surface area contributed by atoms with Crippen molar-refractivity contribution < 1.29 is 29.4 Å². The number of nitrogens with one attached hydrogen (secondary N) is 3. The van der Waals surface area contributed by atoms with Crippen LogP contribution in [0.4, 0.5) is 20.4 Å². The van der Waals surface area contributed by atoms with Crippen LogP contribution in [0.15, 0.2) is 24.3 Å². The molecule has 0 atom stereocenters. The Morgan fingerprint density at radius 1 is 0.957 bits per heavy atom. The third-order valence-corrected chi connectivity index (χ3v) is 8.88. The van der Waals surface area contributed by atoms with Crippen molar-refractivity contribution in [2.45, 2.75) is 98.1 Å². The zero-order chi connectivity index (χ0) is 34.4. The van der Waals surface area contributed by atoms with Gasteiger partial charge in [0.2, 0.25) is 11.8 Å². The molecule has 254 valence electrons. The third-order valence-electron chi connectivity index (χ3n) is 7.88. The number of aryl methyl sites for hydroxylation is 2. The molecule has 0 saturated carbocycles. The molecule has 1 fully saturated rings. The van der Waals surface area contributed by atoms with Crippen molar-refractivity contribution in [1.82, 2.24) is 25.0 Å². The molecule has 0 spiro atoms. The summed E-state index contributed by atoms with van der Waals surface area (Å²) < 4.78 is 0. The van der Waals surface area contributed by atoms with Crippen LogP contribution in [0.5, 0.6) is 0 Å². The number of carbonyl (C=O) groups is 4. The van der Waals surface area contributed by atoms with Crippen LogP contribution in [0.2, 0.25) is 0 Å². The smallest absolute Gasteiger partial charge is 0.410 e. The average Bonchev–Trinajstić information content (AvgIpc) is 3.30. The quantitative estimate of drug-likeness (QED) is 0.206. The van der Waals surface area contributed by atoms with Gasteiger partial charge in [0, 0.05) is 48.1 Å². The van der Waals surface area contributed by atoms with Crippen LogP contribution in [0, 0.1) is 5.92 Å². The molecular formula is C32H49N7O6S. The number of hydrogen-bond acceptors (Lipinski definition) is 8. The minimum Gasteiger partial charge on any atom is -0.465 e. The van der Waals surface area contributed by atoms with Crippen molar-refractivity contribution in [2.24, 2.45) is 5.92 Å². The van der Waals surface area contributed by atoms with E-state index < -0.39 is 29.6 Å². The van der Waals surface area contributed by atoms with Crippen LogP contribution in [-0.4, -0.2) is 91.4 Å². The molecule has 4 amide bonds. The number of benzene rings is 1. The van der Waals surface area contributed by atoms with Crippen LogP contribution in [0.3, 0.4) is 0 Å². The number of rotatable bonds is 11. The van der Waals surface area contributed by atoms with E-state index in [-0.39, 0.29) is 17.7 Å². The molecule has 1 aromatic heterocycles. The predicted octanol–water partition coefficient (Wildman–Crippen LogP) is 5.10. The first-order valence-corrected chi connectivity index (χ1v) is 16.3. The Labute approximate surface area is 275 Å². The summed E-state index contributed by atoms with van der Waals surface area (Å²) in [7, 11) is 1.67. The van der Waals surface area contributed by atoms with Crippen LogP contribution in [0.1, 0.15) is 77.4 Å². The lowest BCUT2D eigenvalue weighted by atomic mass is 9.96. The molecule has 2 heterocycles. The molecule has 1 aliphatic rings. The second-order valence-corrected chi connectivity index (χ2v) is 14.7. The number of amides is 4. The zero-order valence-corrected chi connectivity index (χ0v) is 29.0. The molecule has 14 heteroatoms. The Balaban J connectivity index is 1.77. The predicted molar refractivity (Wildman–Crippen MR) is 179 cm³/mol. The van der Waals surface area contributed by atoms with Gasteiger partial charge in [-0.25, -0.2) is 14.6 Å². The van der Waals surface area contributed by atoms with Crippen molar-refractivity contribution in [3.8, 4) is 0 Å². The topological polar surface area (TPSA) is 167 Å². The molecule has 0 bridgehead atoms. The van der Waals surface area contributed by atoms with Gasteiger partial charge in [0.15, 0.2) is 11.4 Å². The molecule has 13 nitrogen and oxygen atoms in total. The third kappa shape index (κ3) is 9.79. The number of hydrogen-bond donors (Lipinski definition) is 5. The Hall–Kier alpha value is -3.91. The van der Waals surface area contributed by atoms with Gasteiger partial charge in [-0.2, -0.15) is 0 Å². The number of likely N-dealkylation sites (tertiary alicyclic amines) is 1. The molecule has 2 aromatic rings. The van der Waals surface area contributed by atoms with E-state index in [4.69, 9.17) is 4.98 Å². The monoisotopic (exact) mass is 659 g/mol. The first-order valence-electron chi connectivity index (χ1n) is 15.5. The number of thiazole rings is 1. The Morgan fingerprint density at radius 3 is 1.96 bits per heavy atom. The van der Waals surface area contributed by atoms with E-state index in [1.54, 1.807) is 48.6 Å². The van der Waals surface area contributed by atoms with Gasteiger partial charge in [-0.05, 0) is 98.0 Å². The Kier molecular flexibility index (Phi) is 12.0. The van der Waals surface area contributed by atoms with Gasteiger partial charge in [0.1, 0.15) is 0 Å². The second-order valence-electron chi connectivity index (χ2n) is 13.6. The summed E-state index contributed by atoms with van der Waals surface area (Å²) in [6.07, 6.45) is -0.765. The lowest BCUT2D eigenvalue weighted by Crippen LogP contribution is -2.66. The molecule has 0 aliphatic carbocycles. The average molecular weight is 660 g/mol. The van der Waals surface area contributed by atoms with E-state index in [1.807, 2.05) is 24.3 Å². The molecule has 46 heavy (non-hydrogen) atoms. The van der Waals surface area contributed by atoms with E-state index in [0.717, 1.165) is 51.9 Å². The lowest BCUT2D eigenvalue weighted by Gasteiger charge is -2.48.